The van der Waals surface area contributed by atoms with Crippen LogP contribution in [-0.2, 0) is 0 Å². The minimum atomic E-state index is 0.249. The number of hydrogen-bond donors (Lipinski definition) is 1. The second-order valence-corrected chi connectivity index (χ2v) is 8.23. The first-order valence-corrected chi connectivity index (χ1v) is 10.1. The van der Waals surface area contributed by atoms with Gasteiger partial charge in [-0.05, 0) is 26.3 Å². The molecule has 21 heavy (non-hydrogen) atoms. The van der Waals surface area contributed by atoms with E-state index in [-0.39, 0.29) is 5.92 Å². The van der Waals surface area contributed by atoms with Gasteiger partial charge in [0.2, 0.25) is 5.89 Å². The monoisotopic (exact) mass is 329 g/mol. The molecule has 0 aliphatic carbocycles. The highest BCUT2D eigenvalue weighted by molar-refractivity contribution is 8.06. The molecule has 0 saturated carbocycles. The van der Waals surface area contributed by atoms with Gasteiger partial charge in [-0.2, -0.15) is 16.7 Å². The largest absolute Gasteiger partial charge is 0.339 e. The predicted octanol–water partition coefficient (Wildman–Crippen LogP) is 3.86. The number of thioether (sulfide) groups is 2. The summed E-state index contributed by atoms with van der Waals surface area (Å²) in [6.07, 6.45) is 2.30. The van der Waals surface area contributed by atoms with Gasteiger partial charge in [-0.1, -0.05) is 25.9 Å². The van der Waals surface area contributed by atoms with Crippen LogP contribution in [0, 0.1) is 0 Å². The van der Waals surface area contributed by atoms with Crippen molar-refractivity contribution in [1.29, 1.82) is 0 Å². The fraction of sp³-hybridized carbons (Fsp3) is 0.867. The van der Waals surface area contributed by atoms with Crippen molar-refractivity contribution in [2.45, 2.75) is 63.0 Å². The number of rotatable bonds is 7. The third kappa shape index (κ3) is 4.39. The van der Waals surface area contributed by atoms with Gasteiger partial charge in [-0.25, -0.2) is 0 Å². The van der Waals surface area contributed by atoms with E-state index in [2.05, 4.69) is 38.2 Å². The van der Waals surface area contributed by atoms with E-state index in [1.807, 2.05) is 23.5 Å². The van der Waals surface area contributed by atoms with Crippen LogP contribution >= 0.6 is 23.5 Å². The molecule has 0 spiro atoms. The Bertz CT molecular complexity index is 427. The fourth-order valence-corrected chi connectivity index (χ4v) is 5.43. The van der Waals surface area contributed by atoms with Gasteiger partial charge in [0.25, 0.3) is 0 Å². The van der Waals surface area contributed by atoms with E-state index in [1.165, 1.54) is 11.5 Å². The fourth-order valence-electron chi connectivity index (χ4n) is 2.45. The Kier molecular flexibility index (Phi) is 6.89. The van der Waals surface area contributed by atoms with E-state index in [9.17, 15) is 0 Å². The minimum Gasteiger partial charge on any atom is -0.339 e. The van der Waals surface area contributed by atoms with Crippen molar-refractivity contribution in [3.05, 3.63) is 11.7 Å². The molecule has 4 unspecified atom stereocenters. The normalized spacial score (nSPS) is 25.7. The lowest BCUT2D eigenvalue weighted by Gasteiger charge is -2.27. The van der Waals surface area contributed by atoms with Gasteiger partial charge in [0.05, 0.1) is 11.2 Å². The molecule has 1 N–H and O–H groups in total. The lowest BCUT2D eigenvalue weighted by molar-refractivity contribution is 0.328. The van der Waals surface area contributed by atoms with Crippen molar-refractivity contribution < 1.29 is 4.52 Å². The Hall–Kier alpha value is -0.200. The summed E-state index contributed by atoms with van der Waals surface area (Å²) in [7, 11) is 0. The lowest BCUT2D eigenvalue weighted by Crippen LogP contribution is -2.31. The average molecular weight is 330 g/mol. The summed E-state index contributed by atoms with van der Waals surface area (Å²) >= 11 is 4.02. The molecule has 1 aliphatic heterocycles. The Labute approximate surface area is 136 Å². The standard InChI is InChI=1S/C15H27N3OS2/c1-5-7-16-11(4)10(3)15-17-14(18-19-15)13-12(6-2)20-8-9-21-13/h10-13,16H,5-9H2,1-4H3. The van der Waals surface area contributed by atoms with Crippen LogP contribution in [0.1, 0.15) is 63.4 Å². The van der Waals surface area contributed by atoms with Crippen molar-refractivity contribution in [2.24, 2.45) is 0 Å². The molecule has 0 bridgehead atoms. The summed E-state index contributed by atoms with van der Waals surface area (Å²) < 4.78 is 5.55. The lowest BCUT2D eigenvalue weighted by atomic mass is 10.0. The molecule has 120 valence electrons. The molecule has 1 aromatic rings. The predicted molar refractivity (Wildman–Crippen MR) is 92.2 cm³/mol. The van der Waals surface area contributed by atoms with Crippen LogP contribution in [-0.4, -0.2) is 39.5 Å². The quantitative estimate of drug-likeness (QED) is 0.820. The van der Waals surface area contributed by atoms with Gasteiger partial charge in [0.1, 0.15) is 0 Å². The van der Waals surface area contributed by atoms with Crippen molar-refractivity contribution >= 4 is 23.5 Å². The highest BCUT2D eigenvalue weighted by Gasteiger charge is 2.31. The molecule has 4 atom stereocenters. The number of aromatic nitrogens is 2. The van der Waals surface area contributed by atoms with Crippen molar-refractivity contribution in [2.75, 3.05) is 18.1 Å². The molecule has 6 heteroatoms. The summed E-state index contributed by atoms with van der Waals surface area (Å²) in [6, 6.07) is 0.355. The molecule has 0 amide bonds. The van der Waals surface area contributed by atoms with Gasteiger partial charge in [-0.3, -0.25) is 0 Å². The van der Waals surface area contributed by atoms with Crippen LogP contribution in [0.5, 0.6) is 0 Å². The third-order valence-corrected chi connectivity index (χ3v) is 7.26. The maximum absolute atomic E-state index is 5.55. The molecular formula is C15H27N3OS2. The first-order valence-electron chi connectivity index (χ1n) is 7.97. The molecule has 0 radical (unpaired) electrons. The third-order valence-electron chi connectivity index (χ3n) is 4.02. The summed E-state index contributed by atoms with van der Waals surface area (Å²) in [6.45, 7) is 9.80. The Morgan fingerprint density at radius 3 is 2.76 bits per heavy atom. The summed E-state index contributed by atoms with van der Waals surface area (Å²) in [4.78, 5) is 4.71. The maximum Gasteiger partial charge on any atom is 0.231 e. The van der Waals surface area contributed by atoms with Crippen LogP contribution in [0.15, 0.2) is 4.52 Å². The molecular weight excluding hydrogens is 302 g/mol. The second kappa shape index (κ2) is 8.44. The first-order chi connectivity index (χ1) is 10.2. The zero-order valence-corrected chi connectivity index (χ0v) is 15.1. The molecule has 1 fully saturated rings. The van der Waals surface area contributed by atoms with Crippen molar-refractivity contribution in [3.8, 4) is 0 Å². The highest BCUT2D eigenvalue weighted by atomic mass is 32.2. The smallest absolute Gasteiger partial charge is 0.231 e. The Morgan fingerprint density at radius 1 is 1.29 bits per heavy atom. The van der Waals surface area contributed by atoms with E-state index in [4.69, 9.17) is 9.51 Å². The van der Waals surface area contributed by atoms with E-state index < -0.39 is 0 Å². The van der Waals surface area contributed by atoms with Gasteiger partial charge in [-0.15, -0.1) is 11.8 Å². The molecule has 2 rings (SSSR count). The SMILES string of the molecule is CCCNC(C)C(C)c1nc(C2SCCSC2CC)no1. The van der Waals surface area contributed by atoms with Crippen LogP contribution in [0.3, 0.4) is 0 Å². The first kappa shape index (κ1) is 17.2. The minimum absolute atomic E-state index is 0.249. The molecule has 1 saturated heterocycles. The van der Waals surface area contributed by atoms with E-state index in [0.29, 0.717) is 16.5 Å². The van der Waals surface area contributed by atoms with Gasteiger partial charge in [0, 0.05) is 22.8 Å². The number of nitrogens with zero attached hydrogens (tertiary/aromatic N) is 2. The molecule has 4 nitrogen and oxygen atoms in total. The zero-order chi connectivity index (χ0) is 15.2. The van der Waals surface area contributed by atoms with Gasteiger partial charge in [0.15, 0.2) is 5.82 Å². The van der Waals surface area contributed by atoms with Crippen LogP contribution in [0.25, 0.3) is 0 Å². The number of nitrogens with one attached hydrogen (secondary N) is 1. The molecule has 2 heterocycles. The Balaban J connectivity index is 2.02. The van der Waals surface area contributed by atoms with Crippen molar-refractivity contribution in [1.82, 2.24) is 15.5 Å². The zero-order valence-electron chi connectivity index (χ0n) is 13.5. The summed E-state index contributed by atoms with van der Waals surface area (Å²) in [5.74, 6) is 4.33. The van der Waals surface area contributed by atoms with Gasteiger partial charge >= 0.3 is 0 Å². The topological polar surface area (TPSA) is 51.0 Å². The molecule has 1 aromatic heterocycles. The van der Waals surface area contributed by atoms with Crippen molar-refractivity contribution in [3.63, 3.8) is 0 Å². The van der Waals surface area contributed by atoms with Gasteiger partial charge < -0.3 is 9.84 Å². The van der Waals surface area contributed by atoms with E-state index in [0.717, 1.165) is 31.1 Å². The van der Waals surface area contributed by atoms with E-state index in [1.54, 1.807) is 0 Å². The maximum atomic E-state index is 5.55. The Morgan fingerprint density at radius 2 is 2.05 bits per heavy atom. The van der Waals surface area contributed by atoms with Crippen LogP contribution in [0.4, 0.5) is 0 Å². The second-order valence-electron chi connectivity index (χ2n) is 5.63. The highest BCUT2D eigenvalue weighted by Crippen LogP contribution is 2.43. The summed E-state index contributed by atoms with van der Waals surface area (Å²) in [5.41, 5.74) is 0. The molecule has 1 aliphatic rings. The summed E-state index contributed by atoms with van der Waals surface area (Å²) in [5, 5.41) is 8.77. The number of hydrogen-bond acceptors (Lipinski definition) is 6. The molecule has 0 aromatic carbocycles. The van der Waals surface area contributed by atoms with Crippen LogP contribution in [0.2, 0.25) is 0 Å². The average Bonchev–Trinajstić information content (AvgIpc) is 3.01. The van der Waals surface area contributed by atoms with E-state index >= 15 is 0 Å². The van der Waals surface area contributed by atoms with Crippen LogP contribution < -0.4 is 5.32 Å².